The summed E-state index contributed by atoms with van der Waals surface area (Å²) in [7, 11) is 0. The van der Waals surface area contributed by atoms with Crippen LogP contribution in [0.25, 0.3) is 10.8 Å². The number of rotatable bonds is 13. The molecular formula is C35H46N4O5. The zero-order valence-electron chi connectivity index (χ0n) is 26.7. The highest BCUT2D eigenvalue weighted by molar-refractivity contribution is 6.00. The first-order chi connectivity index (χ1) is 20.8. The topological polar surface area (TPSA) is 131 Å². The molecule has 4 N–H and O–H groups in total. The van der Waals surface area contributed by atoms with E-state index in [1.54, 1.807) is 20.8 Å². The number of anilines is 1. The third-order valence-corrected chi connectivity index (χ3v) is 7.47. The third kappa shape index (κ3) is 9.56. The normalized spacial score (nSPS) is 12.7. The van der Waals surface area contributed by atoms with Crippen molar-refractivity contribution in [2.45, 2.75) is 91.3 Å². The lowest BCUT2D eigenvalue weighted by Crippen LogP contribution is -2.53. The molecule has 9 nitrogen and oxygen atoms in total. The van der Waals surface area contributed by atoms with Crippen LogP contribution in [-0.4, -0.2) is 46.9 Å². The molecule has 44 heavy (non-hydrogen) atoms. The number of aryl methyl sites for hydroxylation is 1. The van der Waals surface area contributed by atoms with Crippen LogP contribution in [0.2, 0.25) is 0 Å². The first kappa shape index (κ1) is 34.1. The third-order valence-electron chi connectivity index (χ3n) is 7.47. The average molecular weight is 603 g/mol. The molecule has 4 amide bonds. The summed E-state index contributed by atoms with van der Waals surface area (Å²) in [6.45, 7) is 11.4. The average Bonchev–Trinajstić information content (AvgIpc) is 2.95. The van der Waals surface area contributed by atoms with Crippen molar-refractivity contribution in [2.24, 2.45) is 5.73 Å². The van der Waals surface area contributed by atoms with Crippen LogP contribution in [0.1, 0.15) is 82.5 Å². The van der Waals surface area contributed by atoms with Crippen LogP contribution >= 0.6 is 0 Å². The quantitative estimate of drug-likeness (QED) is 0.197. The van der Waals surface area contributed by atoms with Gasteiger partial charge in [-0.05, 0) is 87.1 Å². The van der Waals surface area contributed by atoms with E-state index in [1.165, 1.54) is 4.90 Å². The van der Waals surface area contributed by atoms with E-state index < -0.39 is 35.6 Å². The van der Waals surface area contributed by atoms with Crippen molar-refractivity contribution in [1.82, 2.24) is 10.2 Å². The van der Waals surface area contributed by atoms with Crippen LogP contribution in [0.15, 0.2) is 60.7 Å². The Hall–Kier alpha value is -4.40. The van der Waals surface area contributed by atoms with Crippen LogP contribution in [0.5, 0.6) is 0 Å². The Morgan fingerprint density at radius 2 is 1.64 bits per heavy atom. The van der Waals surface area contributed by atoms with Gasteiger partial charge in [0.15, 0.2) is 0 Å². The Labute approximate surface area is 260 Å². The minimum atomic E-state index is -1.14. The van der Waals surface area contributed by atoms with Gasteiger partial charge in [0.2, 0.25) is 11.8 Å². The molecule has 9 heteroatoms. The highest BCUT2D eigenvalue weighted by Crippen LogP contribution is 2.30. The SMILES string of the molecule is CCCCCN(C(=O)C(CCC(N)=O)NC(=O)OC(C)(C)C)C(C(=O)Nc1ccc2ccccc2c1)c1cccc(C)c1C. The minimum Gasteiger partial charge on any atom is -0.444 e. The number of hydrogen-bond donors (Lipinski definition) is 3. The van der Waals surface area contributed by atoms with Gasteiger partial charge < -0.3 is 26.0 Å². The molecule has 0 aliphatic heterocycles. The van der Waals surface area contributed by atoms with Gasteiger partial charge >= 0.3 is 6.09 Å². The summed E-state index contributed by atoms with van der Waals surface area (Å²) in [5.74, 6) is -1.48. The molecule has 0 aliphatic carbocycles. The number of carbonyl (C=O) groups is 4. The summed E-state index contributed by atoms with van der Waals surface area (Å²) in [6, 6.07) is 17.1. The van der Waals surface area contributed by atoms with Crippen molar-refractivity contribution in [1.29, 1.82) is 0 Å². The zero-order chi connectivity index (χ0) is 32.4. The lowest BCUT2D eigenvalue weighted by Gasteiger charge is -2.35. The first-order valence-corrected chi connectivity index (χ1v) is 15.2. The van der Waals surface area contributed by atoms with E-state index in [-0.39, 0.29) is 25.3 Å². The molecule has 3 rings (SSSR count). The Morgan fingerprint density at radius 3 is 2.30 bits per heavy atom. The number of fused-ring (bicyclic) bond motifs is 1. The molecule has 0 fully saturated rings. The van der Waals surface area contributed by atoms with Crippen LogP contribution in [0, 0.1) is 13.8 Å². The largest absolute Gasteiger partial charge is 0.444 e. The van der Waals surface area contributed by atoms with Crippen LogP contribution in [0.4, 0.5) is 10.5 Å². The smallest absolute Gasteiger partial charge is 0.408 e. The van der Waals surface area contributed by atoms with Crippen LogP contribution < -0.4 is 16.4 Å². The highest BCUT2D eigenvalue weighted by atomic mass is 16.6. The summed E-state index contributed by atoms with van der Waals surface area (Å²) in [5, 5.41) is 7.71. The number of nitrogens with two attached hydrogens (primary N) is 1. The minimum absolute atomic E-state index is 0.0382. The summed E-state index contributed by atoms with van der Waals surface area (Å²) < 4.78 is 5.43. The van der Waals surface area contributed by atoms with E-state index in [4.69, 9.17) is 10.5 Å². The molecular weight excluding hydrogens is 556 g/mol. The Morgan fingerprint density at radius 1 is 0.932 bits per heavy atom. The van der Waals surface area contributed by atoms with Gasteiger partial charge in [0.05, 0.1) is 0 Å². The fraction of sp³-hybridized carbons (Fsp3) is 0.429. The Kier molecular flexibility index (Phi) is 11.9. The number of nitrogens with one attached hydrogen (secondary N) is 2. The van der Waals surface area contributed by atoms with Crippen molar-refractivity contribution < 1.29 is 23.9 Å². The molecule has 0 saturated carbocycles. The number of hydrogen-bond acceptors (Lipinski definition) is 5. The highest BCUT2D eigenvalue weighted by Gasteiger charge is 2.37. The number of benzene rings is 3. The van der Waals surface area contributed by atoms with Crippen LogP contribution in [0.3, 0.4) is 0 Å². The van der Waals surface area contributed by atoms with E-state index in [0.717, 1.165) is 34.7 Å². The summed E-state index contributed by atoms with van der Waals surface area (Å²) in [4.78, 5) is 54.8. The van der Waals surface area contributed by atoms with Gasteiger partial charge in [-0.2, -0.15) is 0 Å². The molecule has 2 unspecified atom stereocenters. The van der Waals surface area contributed by atoms with E-state index in [9.17, 15) is 19.2 Å². The first-order valence-electron chi connectivity index (χ1n) is 15.2. The molecule has 3 aromatic rings. The lowest BCUT2D eigenvalue weighted by atomic mass is 9.94. The Bertz CT molecular complexity index is 1480. The van der Waals surface area contributed by atoms with E-state index in [1.807, 2.05) is 74.5 Å². The second-order valence-electron chi connectivity index (χ2n) is 12.2. The van der Waals surface area contributed by atoms with Gasteiger partial charge in [-0.25, -0.2) is 4.79 Å². The fourth-order valence-corrected chi connectivity index (χ4v) is 5.09. The number of ether oxygens (including phenoxy) is 1. The molecule has 3 aromatic carbocycles. The molecule has 0 aromatic heterocycles. The second kappa shape index (κ2) is 15.4. The number of nitrogens with zero attached hydrogens (tertiary/aromatic N) is 1. The van der Waals surface area contributed by atoms with E-state index >= 15 is 0 Å². The van der Waals surface area contributed by atoms with Gasteiger partial charge in [0.25, 0.3) is 5.91 Å². The molecule has 0 aliphatic rings. The van der Waals surface area contributed by atoms with Crippen molar-refractivity contribution in [2.75, 3.05) is 11.9 Å². The van der Waals surface area contributed by atoms with Crippen LogP contribution in [-0.2, 0) is 19.1 Å². The number of alkyl carbamates (subject to hydrolysis) is 1. The zero-order valence-corrected chi connectivity index (χ0v) is 26.7. The molecule has 236 valence electrons. The Balaban J connectivity index is 2.08. The number of primary amides is 1. The standard InChI is InChI=1S/C35H46N4O5/c1-7-8-11-21-39(33(42)29(19-20-30(36)40)38-34(43)44-35(4,5)6)31(28-16-12-13-23(2)24(28)3)32(41)37-27-18-17-25-14-9-10-15-26(25)22-27/h9-10,12-18,22,29,31H,7-8,11,19-21H2,1-6H3,(H2,36,40)(H,37,41)(H,38,43). The summed E-state index contributed by atoms with van der Waals surface area (Å²) in [6.07, 6.45) is 1.41. The van der Waals surface area contributed by atoms with Gasteiger partial charge in [0, 0.05) is 18.7 Å². The molecule has 0 spiro atoms. The molecule has 0 bridgehead atoms. The fourth-order valence-electron chi connectivity index (χ4n) is 5.09. The number of amides is 4. The monoisotopic (exact) mass is 602 g/mol. The van der Waals surface area contributed by atoms with Crippen molar-refractivity contribution in [3.8, 4) is 0 Å². The van der Waals surface area contributed by atoms with Gasteiger partial charge in [-0.3, -0.25) is 14.4 Å². The van der Waals surface area contributed by atoms with Gasteiger partial charge in [-0.1, -0.05) is 68.3 Å². The molecule has 2 atom stereocenters. The molecule has 0 radical (unpaired) electrons. The predicted molar refractivity (Wildman–Crippen MR) is 174 cm³/mol. The van der Waals surface area contributed by atoms with E-state index in [0.29, 0.717) is 17.7 Å². The molecule has 0 heterocycles. The number of unbranched alkanes of at least 4 members (excludes halogenated alkanes) is 2. The summed E-state index contributed by atoms with van der Waals surface area (Å²) in [5.41, 5.74) is 7.77. The summed E-state index contributed by atoms with van der Waals surface area (Å²) >= 11 is 0. The van der Waals surface area contributed by atoms with Gasteiger partial charge in [0.1, 0.15) is 17.7 Å². The predicted octanol–water partition coefficient (Wildman–Crippen LogP) is 6.31. The maximum atomic E-state index is 14.4. The van der Waals surface area contributed by atoms with Gasteiger partial charge in [-0.15, -0.1) is 0 Å². The number of carbonyl (C=O) groups excluding carboxylic acids is 4. The van der Waals surface area contributed by atoms with Crippen molar-refractivity contribution >= 4 is 40.3 Å². The maximum absolute atomic E-state index is 14.4. The second-order valence-corrected chi connectivity index (χ2v) is 12.2. The molecule has 0 saturated heterocycles. The van der Waals surface area contributed by atoms with Crippen molar-refractivity contribution in [3.05, 3.63) is 77.4 Å². The maximum Gasteiger partial charge on any atom is 0.408 e. The van der Waals surface area contributed by atoms with E-state index in [2.05, 4.69) is 17.6 Å². The lowest BCUT2D eigenvalue weighted by molar-refractivity contribution is -0.141. The van der Waals surface area contributed by atoms with Crippen molar-refractivity contribution in [3.63, 3.8) is 0 Å².